The summed E-state index contributed by atoms with van der Waals surface area (Å²) in [5, 5.41) is 7.80. The number of alkyl halides is 2. The van der Waals surface area contributed by atoms with Gasteiger partial charge in [-0.2, -0.15) is 5.10 Å². The van der Waals surface area contributed by atoms with Gasteiger partial charge in [0.05, 0.1) is 5.52 Å². The van der Waals surface area contributed by atoms with Crippen LogP contribution in [0, 0.1) is 17.8 Å². The zero-order valence-corrected chi connectivity index (χ0v) is 18.4. The molecule has 2 aliphatic carbocycles. The van der Waals surface area contributed by atoms with Gasteiger partial charge >= 0.3 is 0 Å². The van der Waals surface area contributed by atoms with Gasteiger partial charge < -0.3 is 16.0 Å². The number of nitrogens with one attached hydrogen (secondary N) is 1. The number of likely N-dealkylation sites (tertiary alicyclic amines) is 1. The number of nitrogens with two attached hydrogens (primary N) is 1. The molecule has 164 valence electrons. The van der Waals surface area contributed by atoms with Crippen molar-refractivity contribution in [3.63, 3.8) is 0 Å². The Labute approximate surface area is 189 Å². The maximum absolute atomic E-state index is 13.2. The van der Waals surface area contributed by atoms with E-state index in [4.69, 9.17) is 28.9 Å². The lowest BCUT2D eigenvalue weighted by Crippen LogP contribution is -2.49. The Morgan fingerprint density at radius 3 is 2.65 bits per heavy atom. The summed E-state index contributed by atoms with van der Waals surface area (Å²) in [7, 11) is 0. The molecule has 5 atom stereocenters. The molecule has 8 nitrogen and oxygen atoms in total. The maximum atomic E-state index is 13.2. The minimum atomic E-state index is -0.792. The molecule has 1 unspecified atom stereocenters. The predicted molar refractivity (Wildman–Crippen MR) is 115 cm³/mol. The molecule has 1 aliphatic heterocycles. The van der Waals surface area contributed by atoms with Gasteiger partial charge in [0.25, 0.3) is 5.91 Å². The van der Waals surface area contributed by atoms with Crippen LogP contribution in [0.25, 0.3) is 10.9 Å². The van der Waals surface area contributed by atoms with Gasteiger partial charge in [0.1, 0.15) is 16.9 Å². The minimum Gasteiger partial charge on any atom is -0.364 e. The van der Waals surface area contributed by atoms with Gasteiger partial charge in [-0.15, -0.1) is 23.2 Å². The smallest absolute Gasteiger partial charge is 0.269 e. The van der Waals surface area contributed by atoms with Crippen LogP contribution in [-0.2, 0) is 16.1 Å². The van der Waals surface area contributed by atoms with Gasteiger partial charge in [0.2, 0.25) is 11.8 Å². The van der Waals surface area contributed by atoms with Crippen LogP contribution in [0.4, 0.5) is 0 Å². The Balaban J connectivity index is 1.31. The van der Waals surface area contributed by atoms with E-state index in [1.54, 1.807) is 23.1 Å². The fraction of sp³-hybridized carbons (Fsp3) is 0.524. The Morgan fingerprint density at radius 2 is 1.97 bits per heavy atom. The van der Waals surface area contributed by atoms with Crippen LogP contribution >= 0.6 is 23.2 Å². The third kappa shape index (κ3) is 3.36. The number of aromatic nitrogens is 2. The number of hydrogen-bond donors (Lipinski definition) is 2. The van der Waals surface area contributed by atoms with E-state index in [1.807, 2.05) is 13.0 Å². The van der Waals surface area contributed by atoms with E-state index in [0.29, 0.717) is 29.8 Å². The first kappa shape index (κ1) is 20.6. The number of benzene rings is 1. The van der Waals surface area contributed by atoms with Crippen molar-refractivity contribution in [2.75, 3.05) is 6.54 Å². The van der Waals surface area contributed by atoms with Crippen molar-refractivity contribution in [2.45, 2.75) is 42.7 Å². The van der Waals surface area contributed by atoms with Crippen molar-refractivity contribution < 1.29 is 14.4 Å². The number of primary amides is 1. The highest BCUT2D eigenvalue weighted by Gasteiger charge is 2.60. The van der Waals surface area contributed by atoms with E-state index >= 15 is 0 Å². The summed E-state index contributed by atoms with van der Waals surface area (Å²) >= 11 is 12.4. The zero-order chi connectivity index (χ0) is 22.1. The third-order valence-corrected chi connectivity index (χ3v) is 8.21. The van der Waals surface area contributed by atoms with Crippen molar-refractivity contribution in [3.8, 4) is 0 Å². The topological polar surface area (TPSA) is 110 Å². The summed E-state index contributed by atoms with van der Waals surface area (Å²) in [4.78, 5) is 39.5. The molecule has 0 bridgehead atoms. The first-order valence-corrected chi connectivity index (χ1v) is 11.2. The second-order valence-electron chi connectivity index (χ2n) is 8.82. The molecule has 1 saturated heterocycles. The Bertz CT molecular complexity index is 1100. The van der Waals surface area contributed by atoms with Crippen molar-refractivity contribution in [1.82, 2.24) is 20.0 Å². The Hall–Kier alpha value is -2.32. The molecule has 3 N–H and O–H groups in total. The fourth-order valence-corrected chi connectivity index (χ4v) is 5.60. The largest absolute Gasteiger partial charge is 0.364 e. The van der Waals surface area contributed by atoms with Crippen molar-refractivity contribution in [1.29, 1.82) is 0 Å². The minimum absolute atomic E-state index is 0.0162. The third-order valence-electron chi connectivity index (χ3n) is 6.96. The lowest BCUT2D eigenvalue weighted by Gasteiger charge is -2.27. The zero-order valence-electron chi connectivity index (χ0n) is 16.9. The number of amides is 3. The number of rotatable bonds is 6. The number of halogens is 2. The second-order valence-corrected chi connectivity index (χ2v) is 10.3. The van der Waals surface area contributed by atoms with Gasteiger partial charge in [-0.1, -0.05) is 25.1 Å². The number of nitrogens with zero attached hydrogens (tertiary/aromatic N) is 3. The molecule has 3 amide bonds. The van der Waals surface area contributed by atoms with E-state index in [9.17, 15) is 14.4 Å². The van der Waals surface area contributed by atoms with E-state index in [-0.39, 0.29) is 41.9 Å². The number of para-hydroxylation sites is 1. The van der Waals surface area contributed by atoms with Gasteiger partial charge in [0, 0.05) is 23.9 Å². The van der Waals surface area contributed by atoms with Crippen LogP contribution in [-0.4, -0.2) is 55.4 Å². The molecule has 31 heavy (non-hydrogen) atoms. The molecular formula is C21H23Cl2N5O3. The molecule has 2 aromatic rings. The van der Waals surface area contributed by atoms with Gasteiger partial charge in [-0.25, -0.2) is 0 Å². The summed E-state index contributed by atoms with van der Waals surface area (Å²) in [6, 6.07) is 6.71. The number of hydrogen-bond acceptors (Lipinski definition) is 4. The SMILES string of the molecule is C[C@@H]1C(CNC(=O)[C@@H]2C[C@H]3C[C@H]3N2C(=O)Cn2nc(C(N)=O)c3ccccc32)C1(Cl)Cl. The first-order chi connectivity index (χ1) is 14.7. The molecule has 5 rings (SSSR count). The number of carbonyl (C=O) groups excluding carboxylic acids is 3. The Kier molecular flexibility index (Phi) is 4.71. The van der Waals surface area contributed by atoms with E-state index in [2.05, 4.69) is 10.4 Å². The normalized spacial score (nSPS) is 30.2. The van der Waals surface area contributed by atoms with Crippen LogP contribution in [0.3, 0.4) is 0 Å². The van der Waals surface area contributed by atoms with Gasteiger partial charge in [-0.3, -0.25) is 19.1 Å². The summed E-state index contributed by atoms with van der Waals surface area (Å²) < 4.78 is 0.698. The molecule has 3 fully saturated rings. The molecule has 0 spiro atoms. The quantitative estimate of drug-likeness (QED) is 0.634. The average molecular weight is 464 g/mol. The molecular weight excluding hydrogens is 441 g/mol. The molecule has 2 saturated carbocycles. The fourth-order valence-electron chi connectivity index (χ4n) is 4.89. The van der Waals surface area contributed by atoms with Gasteiger partial charge in [0.15, 0.2) is 5.69 Å². The molecule has 1 aromatic carbocycles. The van der Waals surface area contributed by atoms with Crippen molar-refractivity contribution in [3.05, 3.63) is 30.0 Å². The highest BCUT2D eigenvalue weighted by molar-refractivity contribution is 6.51. The highest BCUT2D eigenvalue weighted by Crippen LogP contribution is 2.58. The van der Waals surface area contributed by atoms with Crippen LogP contribution < -0.4 is 11.1 Å². The summed E-state index contributed by atoms with van der Waals surface area (Å²) in [6.45, 7) is 2.28. The van der Waals surface area contributed by atoms with Crippen LogP contribution in [0.15, 0.2) is 24.3 Å². The molecule has 2 heterocycles. The maximum Gasteiger partial charge on any atom is 0.269 e. The van der Waals surface area contributed by atoms with Crippen LogP contribution in [0.2, 0.25) is 0 Å². The predicted octanol–water partition coefficient (Wildman–Crippen LogP) is 1.68. The van der Waals surface area contributed by atoms with Crippen molar-refractivity contribution >= 4 is 51.8 Å². The summed E-state index contributed by atoms with van der Waals surface area (Å²) in [6.07, 6.45) is 1.57. The van der Waals surface area contributed by atoms with Gasteiger partial charge in [-0.05, 0) is 30.7 Å². The molecule has 3 aliphatic rings. The first-order valence-electron chi connectivity index (χ1n) is 10.4. The van der Waals surface area contributed by atoms with E-state index in [0.717, 1.165) is 6.42 Å². The summed E-state index contributed by atoms with van der Waals surface area (Å²) in [5.74, 6) is -0.520. The Morgan fingerprint density at radius 1 is 1.26 bits per heavy atom. The highest BCUT2D eigenvalue weighted by atomic mass is 35.5. The van der Waals surface area contributed by atoms with E-state index < -0.39 is 16.3 Å². The number of carbonyl (C=O) groups is 3. The molecule has 0 radical (unpaired) electrons. The standard InChI is InChI=1S/C21H23Cl2N5O3/c1-10-13(21(10,22)23)8-25-20(31)16-7-11-6-15(11)28(16)17(29)9-27-14-5-3-2-4-12(14)18(26-27)19(24)30/h2-5,10-11,13,15-16H,6-9H2,1H3,(H2,24,30)(H,25,31)/t10-,11-,13?,15-,16+/m1/s1. The molecule has 10 heteroatoms. The lowest BCUT2D eigenvalue weighted by atomic mass is 10.1. The monoisotopic (exact) mass is 463 g/mol. The lowest BCUT2D eigenvalue weighted by molar-refractivity contribution is -0.140. The number of fused-ring (bicyclic) bond motifs is 2. The molecule has 1 aromatic heterocycles. The average Bonchev–Trinajstić information content (AvgIpc) is 3.44. The van der Waals surface area contributed by atoms with Crippen LogP contribution in [0.1, 0.15) is 30.3 Å². The summed E-state index contributed by atoms with van der Waals surface area (Å²) in [5.41, 5.74) is 6.23. The van der Waals surface area contributed by atoms with Crippen molar-refractivity contribution in [2.24, 2.45) is 23.5 Å². The number of piperidine rings is 1. The van der Waals surface area contributed by atoms with E-state index in [1.165, 1.54) is 4.68 Å². The van der Waals surface area contributed by atoms with Crippen LogP contribution in [0.5, 0.6) is 0 Å². The second kappa shape index (κ2) is 7.10.